The largest absolute Gasteiger partial charge is 0.481 e. The third-order valence-electron chi connectivity index (χ3n) is 8.87. The molecule has 1 atom stereocenters. The molecular weight excluding hydrogens is 614 g/mol. The molecule has 9 nitrogen and oxygen atoms in total. The van der Waals surface area contributed by atoms with Crippen molar-refractivity contribution in [3.63, 3.8) is 0 Å². The Kier molecular flexibility index (Phi) is 14.3. The van der Waals surface area contributed by atoms with Crippen LogP contribution in [0, 0.1) is 6.92 Å². The molecule has 0 fully saturated rings. The molecule has 9 heteroatoms. The Bertz CT molecular complexity index is 1620. The lowest BCUT2D eigenvalue weighted by atomic mass is 9.86. The van der Waals surface area contributed by atoms with Crippen molar-refractivity contribution in [2.45, 2.75) is 143 Å². The van der Waals surface area contributed by atoms with Gasteiger partial charge in [0.15, 0.2) is 17.6 Å². The Balaban J connectivity index is 1.35. The van der Waals surface area contributed by atoms with Crippen LogP contribution in [-0.4, -0.2) is 37.8 Å². The van der Waals surface area contributed by atoms with Gasteiger partial charge in [0.25, 0.3) is 5.91 Å². The Morgan fingerprint density at radius 1 is 0.878 bits per heavy atom. The first-order valence-electron chi connectivity index (χ1n) is 18.3. The zero-order chi connectivity index (χ0) is 35.2. The van der Waals surface area contributed by atoms with E-state index in [2.05, 4.69) is 60.4 Å². The average molecular weight is 672 g/mol. The number of carbonyl (C=O) groups excluding carboxylic acids is 2. The van der Waals surface area contributed by atoms with Crippen molar-refractivity contribution < 1.29 is 19.1 Å². The second-order valence-corrected chi connectivity index (χ2v) is 14.3. The molecule has 0 aliphatic rings. The fourth-order valence-electron chi connectivity index (χ4n) is 6.17. The molecule has 1 unspecified atom stereocenters. The van der Waals surface area contributed by atoms with Crippen LogP contribution in [0.2, 0.25) is 0 Å². The van der Waals surface area contributed by atoms with Gasteiger partial charge in [-0.1, -0.05) is 97.6 Å². The molecule has 2 heterocycles. The lowest BCUT2D eigenvalue weighted by Crippen LogP contribution is -2.33. The average Bonchev–Trinajstić information content (AvgIpc) is 3.61. The maximum atomic E-state index is 13.7. The fraction of sp³-hybridized carbons (Fsp3) is 0.550. The van der Waals surface area contributed by atoms with Gasteiger partial charge < -0.3 is 14.8 Å². The summed E-state index contributed by atoms with van der Waals surface area (Å²) >= 11 is 0. The number of esters is 1. The molecule has 1 amide bonds. The van der Waals surface area contributed by atoms with Crippen LogP contribution in [-0.2, 0) is 27.8 Å². The third-order valence-corrected chi connectivity index (χ3v) is 8.87. The minimum absolute atomic E-state index is 0.165. The van der Waals surface area contributed by atoms with Gasteiger partial charge in [-0.2, -0.15) is 14.7 Å². The highest BCUT2D eigenvalue weighted by molar-refractivity contribution is 5.94. The van der Waals surface area contributed by atoms with Gasteiger partial charge in [-0.05, 0) is 73.9 Å². The van der Waals surface area contributed by atoms with Crippen LogP contribution >= 0.6 is 0 Å². The van der Waals surface area contributed by atoms with Crippen LogP contribution in [0.4, 0.5) is 5.69 Å². The molecule has 49 heavy (non-hydrogen) atoms. The SMILES string of the molecule is CCCCCCCCCCCCC(Oc1ccc(OC(C)=O)c(C(C)(C)C)c1)C(=O)Nc1ccc(CCCc2n[nH]c3cc(C)nn23)cc1. The lowest BCUT2D eigenvalue weighted by molar-refractivity contribution is -0.132. The number of benzene rings is 2. The maximum Gasteiger partial charge on any atom is 0.308 e. The monoisotopic (exact) mass is 671 g/mol. The number of ether oxygens (including phenoxy) is 2. The van der Waals surface area contributed by atoms with E-state index in [0.717, 1.165) is 60.5 Å². The van der Waals surface area contributed by atoms with Crippen molar-refractivity contribution in [2.75, 3.05) is 5.32 Å². The molecule has 0 saturated heterocycles. The van der Waals surface area contributed by atoms with Crippen LogP contribution in [0.5, 0.6) is 11.5 Å². The number of carbonyl (C=O) groups is 2. The van der Waals surface area contributed by atoms with E-state index in [0.29, 0.717) is 17.9 Å². The molecule has 0 bridgehead atoms. The van der Waals surface area contributed by atoms with Crippen molar-refractivity contribution in [3.05, 3.63) is 71.2 Å². The van der Waals surface area contributed by atoms with Crippen molar-refractivity contribution >= 4 is 23.2 Å². The molecule has 4 aromatic rings. The lowest BCUT2D eigenvalue weighted by Gasteiger charge is -2.24. The highest BCUT2D eigenvalue weighted by atomic mass is 16.5. The van der Waals surface area contributed by atoms with E-state index in [1.54, 1.807) is 12.1 Å². The first-order valence-corrected chi connectivity index (χ1v) is 18.3. The summed E-state index contributed by atoms with van der Waals surface area (Å²) in [6.45, 7) is 11.8. The number of aromatic amines is 1. The number of anilines is 1. The molecule has 2 N–H and O–H groups in total. The number of fused-ring (bicyclic) bond motifs is 1. The molecule has 266 valence electrons. The maximum absolute atomic E-state index is 13.7. The van der Waals surface area contributed by atoms with Gasteiger partial charge in [-0.3, -0.25) is 14.7 Å². The molecule has 2 aromatic carbocycles. The van der Waals surface area contributed by atoms with Crippen molar-refractivity contribution in [3.8, 4) is 11.5 Å². The number of hydrogen-bond donors (Lipinski definition) is 2. The van der Waals surface area contributed by atoms with Gasteiger partial charge in [-0.15, -0.1) is 0 Å². The molecular formula is C40H57N5O4. The molecule has 0 saturated carbocycles. The number of rotatable bonds is 20. The normalized spacial score (nSPS) is 12.3. The summed E-state index contributed by atoms with van der Waals surface area (Å²) in [6.07, 6.45) is 14.9. The zero-order valence-corrected chi connectivity index (χ0v) is 30.6. The molecule has 0 spiro atoms. The Morgan fingerprint density at radius 3 is 2.20 bits per heavy atom. The Morgan fingerprint density at radius 2 is 1.55 bits per heavy atom. The molecule has 0 aliphatic heterocycles. The zero-order valence-electron chi connectivity index (χ0n) is 30.6. The van der Waals surface area contributed by atoms with E-state index >= 15 is 0 Å². The van der Waals surface area contributed by atoms with Crippen LogP contribution in [0.1, 0.15) is 134 Å². The first-order chi connectivity index (χ1) is 23.5. The van der Waals surface area contributed by atoms with Crippen molar-refractivity contribution in [1.82, 2.24) is 19.8 Å². The fourth-order valence-corrected chi connectivity index (χ4v) is 6.17. The van der Waals surface area contributed by atoms with E-state index in [9.17, 15) is 9.59 Å². The van der Waals surface area contributed by atoms with Gasteiger partial charge in [0, 0.05) is 30.7 Å². The molecule has 0 radical (unpaired) electrons. The van der Waals surface area contributed by atoms with Gasteiger partial charge in [0.2, 0.25) is 0 Å². The van der Waals surface area contributed by atoms with Gasteiger partial charge in [0.05, 0.1) is 5.69 Å². The van der Waals surface area contributed by atoms with E-state index in [-0.39, 0.29) is 17.3 Å². The second-order valence-electron chi connectivity index (χ2n) is 14.3. The highest BCUT2D eigenvalue weighted by Crippen LogP contribution is 2.35. The van der Waals surface area contributed by atoms with Crippen molar-refractivity contribution in [1.29, 1.82) is 0 Å². The van der Waals surface area contributed by atoms with Crippen LogP contribution in [0.25, 0.3) is 5.65 Å². The molecule has 2 aromatic heterocycles. The number of hydrogen-bond acceptors (Lipinski definition) is 6. The quantitative estimate of drug-likeness (QED) is 0.0550. The van der Waals surface area contributed by atoms with E-state index in [1.165, 1.54) is 63.9 Å². The van der Waals surface area contributed by atoms with Gasteiger partial charge in [-0.25, -0.2) is 0 Å². The van der Waals surface area contributed by atoms with Crippen LogP contribution in [0.15, 0.2) is 48.5 Å². The minimum Gasteiger partial charge on any atom is -0.481 e. The number of aromatic nitrogens is 4. The Hall–Kier alpha value is -4.14. The summed E-state index contributed by atoms with van der Waals surface area (Å²) in [7, 11) is 0. The van der Waals surface area contributed by atoms with Crippen LogP contribution in [0.3, 0.4) is 0 Å². The van der Waals surface area contributed by atoms with E-state index in [1.807, 2.05) is 35.7 Å². The summed E-state index contributed by atoms with van der Waals surface area (Å²) in [5.41, 5.74) is 4.38. The predicted molar refractivity (Wildman–Crippen MR) is 196 cm³/mol. The van der Waals surface area contributed by atoms with Crippen molar-refractivity contribution in [2.24, 2.45) is 0 Å². The number of aryl methyl sites for hydroxylation is 3. The summed E-state index contributed by atoms with van der Waals surface area (Å²) in [5.74, 6) is 1.49. The number of unbranched alkanes of at least 4 members (excludes halogenated alkanes) is 9. The number of nitrogens with zero attached hydrogens (tertiary/aromatic N) is 3. The molecule has 0 aliphatic carbocycles. The topological polar surface area (TPSA) is 111 Å². The smallest absolute Gasteiger partial charge is 0.308 e. The first kappa shape index (κ1) is 37.7. The predicted octanol–water partition coefficient (Wildman–Crippen LogP) is 9.46. The number of amides is 1. The minimum atomic E-state index is -0.655. The second kappa shape index (κ2) is 18.6. The highest BCUT2D eigenvalue weighted by Gasteiger charge is 2.24. The van der Waals surface area contributed by atoms with E-state index in [4.69, 9.17) is 9.47 Å². The van der Waals surface area contributed by atoms with Crippen LogP contribution < -0.4 is 14.8 Å². The number of H-pyrrole nitrogens is 1. The summed E-state index contributed by atoms with van der Waals surface area (Å²) in [5, 5.41) is 15.0. The third kappa shape index (κ3) is 12.1. The Labute approximate surface area is 292 Å². The number of nitrogens with one attached hydrogen (secondary N) is 2. The summed E-state index contributed by atoms with van der Waals surface area (Å²) < 4.78 is 13.8. The standard InChI is InChI=1S/C40H57N5O4/c1-7-8-9-10-11-12-13-14-15-16-19-36(49-33-25-26-35(48-30(3)46)34(28-33)40(4,5)6)39(47)41-32-23-21-31(22-24-32)18-17-20-37-42-43-38-27-29(2)44-45(37)38/h21-28,36,43H,7-20H2,1-6H3,(H,41,47). The summed E-state index contributed by atoms with van der Waals surface area (Å²) in [4.78, 5) is 25.4. The molecule has 4 rings (SSSR count). The van der Waals surface area contributed by atoms with E-state index < -0.39 is 6.10 Å². The van der Waals surface area contributed by atoms with Gasteiger partial charge >= 0.3 is 5.97 Å². The van der Waals surface area contributed by atoms with Gasteiger partial charge in [0.1, 0.15) is 11.5 Å². The summed E-state index contributed by atoms with van der Waals surface area (Å²) in [6, 6.07) is 15.5.